The minimum Gasteiger partial charge on any atom is -0.328 e. The van der Waals surface area contributed by atoms with Gasteiger partial charge in [0.05, 0.1) is 0 Å². The van der Waals surface area contributed by atoms with E-state index >= 15 is 0 Å². The summed E-state index contributed by atoms with van der Waals surface area (Å²) >= 11 is 0. The van der Waals surface area contributed by atoms with Crippen LogP contribution >= 0.6 is 8.69 Å². The van der Waals surface area contributed by atoms with Crippen LogP contribution < -0.4 is 0 Å². The summed E-state index contributed by atoms with van der Waals surface area (Å²) in [6.45, 7) is 0. The Morgan fingerprint density at radius 2 is 1.71 bits per heavy atom. The molecule has 42 valence electrons. The molecular weight excluding hydrogens is 125 g/mol. The van der Waals surface area contributed by atoms with Crippen LogP contribution in [-0.4, -0.2) is 15.2 Å². The van der Waals surface area contributed by atoms with Gasteiger partial charge >= 0.3 is 8.69 Å². The molecule has 0 heterocycles. The minimum atomic E-state index is -1.50. The molecule has 0 rings (SSSR count). The van der Waals surface area contributed by atoms with Crippen molar-refractivity contribution in [2.75, 3.05) is 0 Å². The standard InChI is InChI=1S/HNO3.HO2P/c2-1(3)4;1-3-2/h(H,2,3,4);(H,1,2). The van der Waals surface area contributed by atoms with E-state index in [2.05, 4.69) is 0 Å². The highest BCUT2D eigenvalue weighted by Gasteiger charge is 1.65. The average molecular weight is 127 g/mol. The van der Waals surface area contributed by atoms with Crippen molar-refractivity contribution in [2.45, 2.75) is 0 Å². The fraction of sp³-hybridized carbons (Fsp3) is 0. The summed E-state index contributed by atoms with van der Waals surface area (Å²) in [5.41, 5.74) is 0. The lowest BCUT2D eigenvalue weighted by Gasteiger charge is -1.56. The first-order chi connectivity index (χ1) is 3.15. The Morgan fingerprint density at radius 3 is 1.71 bits per heavy atom. The quantitative estimate of drug-likeness (QED) is 0.267. The van der Waals surface area contributed by atoms with E-state index in [1.54, 1.807) is 0 Å². The monoisotopic (exact) mass is 127 g/mol. The highest BCUT2D eigenvalue weighted by molar-refractivity contribution is 7.16. The van der Waals surface area contributed by atoms with Gasteiger partial charge in [0, 0.05) is 0 Å². The largest absolute Gasteiger partial charge is 0.328 e. The van der Waals surface area contributed by atoms with Crippen molar-refractivity contribution in [1.82, 2.24) is 0 Å². The summed E-state index contributed by atoms with van der Waals surface area (Å²) in [5, 5.41) is 13.6. The zero-order valence-corrected chi connectivity index (χ0v) is 3.91. The molecule has 0 amide bonds. The maximum atomic E-state index is 8.46. The van der Waals surface area contributed by atoms with Gasteiger partial charge in [-0.25, -0.2) is 4.57 Å². The summed E-state index contributed by atoms with van der Waals surface area (Å²) in [4.78, 5) is 15.3. The molecule has 6 nitrogen and oxygen atoms in total. The van der Waals surface area contributed by atoms with Gasteiger partial charge < -0.3 is 10.1 Å². The fourth-order valence-corrected chi connectivity index (χ4v) is 0. The van der Waals surface area contributed by atoms with Gasteiger partial charge in [0.15, 0.2) is 0 Å². The van der Waals surface area contributed by atoms with Crippen molar-refractivity contribution in [3.63, 3.8) is 0 Å². The molecule has 2 N–H and O–H groups in total. The van der Waals surface area contributed by atoms with Crippen molar-refractivity contribution in [3.05, 3.63) is 10.1 Å². The van der Waals surface area contributed by atoms with E-state index in [4.69, 9.17) is 24.8 Å². The van der Waals surface area contributed by atoms with Crippen LogP contribution in [0, 0.1) is 10.1 Å². The first-order valence-corrected chi connectivity index (χ1v) is 1.71. The molecule has 0 aromatic rings. The average Bonchev–Trinajstić information content (AvgIpc) is 1.33. The molecule has 0 atom stereocenters. The second-order valence-electron chi connectivity index (χ2n) is 0.319. The van der Waals surface area contributed by atoms with Gasteiger partial charge in [-0.15, -0.1) is 10.1 Å². The molecule has 7 heavy (non-hydrogen) atoms. The highest BCUT2D eigenvalue weighted by atomic mass is 31.1. The second kappa shape index (κ2) is 8.98. The molecule has 0 aliphatic rings. The van der Waals surface area contributed by atoms with Crippen molar-refractivity contribution in [3.8, 4) is 0 Å². The predicted molar refractivity (Wildman–Crippen MR) is 18.6 cm³/mol. The molecule has 0 aliphatic heterocycles. The van der Waals surface area contributed by atoms with Gasteiger partial charge in [-0.3, -0.25) is 0 Å². The van der Waals surface area contributed by atoms with Crippen LogP contribution in [0.2, 0.25) is 0 Å². The molecule has 0 spiro atoms. The zero-order valence-electron chi connectivity index (χ0n) is 3.01. The second-order valence-corrected chi connectivity index (χ2v) is 0.483. The lowest BCUT2D eigenvalue weighted by atomic mass is 13.1. The maximum absolute atomic E-state index is 8.46. The Hall–Kier alpha value is -0.740. The Morgan fingerprint density at radius 1 is 1.71 bits per heavy atom. The summed E-state index contributed by atoms with van der Waals surface area (Å²) in [6.07, 6.45) is 0. The van der Waals surface area contributed by atoms with Gasteiger partial charge in [0.1, 0.15) is 0 Å². The number of hydrogen-bond acceptors (Lipinski definition) is 3. The third kappa shape index (κ3) is 102. The third-order valence-corrected chi connectivity index (χ3v) is 0. The van der Waals surface area contributed by atoms with Gasteiger partial charge in [-0.05, 0) is 0 Å². The van der Waals surface area contributed by atoms with Crippen molar-refractivity contribution < 1.29 is 19.8 Å². The molecule has 7 heteroatoms. The van der Waals surface area contributed by atoms with Crippen molar-refractivity contribution in [1.29, 1.82) is 0 Å². The zero-order chi connectivity index (χ0) is 6.28. The van der Waals surface area contributed by atoms with Gasteiger partial charge in [-0.2, -0.15) is 0 Å². The third-order valence-electron chi connectivity index (χ3n) is 0. The molecule has 0 bridgehead atoms. The molecule has 0 radical (unpaired) electrons. The van der Waals surface area contributed by atoms with Crippen molar-refractivity contribution >= 4 is 8.69 Å². The molecule has 0 fully saturated rings. The van der Waals surface area contributed by atoms with E-state index in [1.807, 2.05) is 0 Å². The summed E-state index contributed by atoms with van der Waals surface area (Å²) in [5.74, 6) is 0. The Bertz CT molecular complexity index is 55.1. The lowest BCUT2D eigenvalue weighted by molar-refractivity contribution is -0.742. The topological polar surface area (TPSA) is 101 Å². The number of nitrogens with zero attached hydrogens (tertiary/aromatic N) is 1. The van der Waals surface area contributed by atoms with Crippen LogP contribution in [0.3, 0.4) is 0 Å². The Labute approximate surface area is 39.8 Å². The van der Waals surface area contributed by atoms with Crippen LogP contribution in [0.1, 0.15) is 0 Å². The highest BCUT2D eigenvalue weighted by Crippen LogP contribution is 1.66. The lowest BCUT2D eigenvalue weighted by Crippen LogP contribution is -1.81. The van der Waals surface area contributed by atoms with Gasteiger partial charge in [0.25, 0.3) is 5.09 Å². The van der Waals surface area contributed by atoms with Crippen LogP contribution in [0.15, 0.2) is 0 Å². The molecule has 0 aromatic carbocycles. The number of hydrogen-bond donors (Lipinski definition) is 2. The first-order valence-electron chi connectivity index (χ1n) is 0.948. The molecule has 0 saturated heterocycles. The Balaban J connectivity index is 0. The SMILES string of the molecule is O=PO.O=[N+]([O-])O. The van der Waals surface area contributed by atoms with E-state index in [9.17, 15) is 0 Å². The van der Waals surface area contributed by atoms with Gasteiger partial charge in [0.2, 0.25) is 0 Å². The smallest absolute Gasteiger partial charge is 0.324 e. The van der Waals surface area contributed by atoms with Crippen LogP contribution in [0.25, 0.3) is 0 Å². The van der Waals surface area contributed by atoms with Crippen molar-refractivity contribution in [2.24, 2.45) is 0 Å². The summed E-state index contributed by atoms with van der Waals surface area (Å²) in [6, 6.07) is 0. The molecule has 0 saturated carbocycles. The normalized spacial score (nSPS) is 6.43. The molecule has 0 unspecified atom stereocenters. The van der Waals surface area contributed by atoms with E-state index in [0.29, 0.717) is 0 Å². The summed E-state index contributed by atoms with van der Waals surface area (Å²) < 4.78 is 8.46. The van der Waals surface area contributed by atoms with E-state index in [0.717, 1.165) is 0 Å². The minimum absolute atomic E-state index is 0.833. The fourth-order valence-electron chi connectivity index (χ4n) is 0. The van der Waals surface area contributed by atoms with E-state index < -0.39 is 13.8 Å². The number of rotatable bonds is 0. The molecule has 0 aromatic heterocycles. The van der Waals surface area contributed by atoms with Crippen LogP contribution in [-0.2, 0) is 4.57 Å². The molecular formula is H2NO5P. The first kappa shape index (κ1) is 9.54. The van der Waals surface area contributed by atoms with Gasteiger partial charge in [-0.1, -0.05) is 0 Å². The molecule has 0 aliphatic carbocycles. The van der Waals surface area contributed by atoms with E-state index in [1.165, 1.54) is 0 Å². The predicted octanol–water partition coefficient (Wildman–Crippen LogP) is -0.162. The Kier molecular flexibility index (Phi) is 12.2. The summed E-state index contributed by atoms with van der Waals surface area (Å²) in [7, 11) is -0.833. The van der Waals surface area contributed by atoms with Crippen LogP contribution in [0.4, 0.5) is 0 Å². The van der Waals surface area contributed by atoms with Crippen LogP contribution in [0.5, 0.6) is 0 Å². The van der Waals surface area contributed by atoms with E-state index in [-0.39, 0.29) is 0 Å². The maximum Gasteiger partial charge on any atom is 0.324 e.